The number of carbonyl (C=O) groups excluding carboxylic acids is 1. The molecule has 0 saturated heterocycles. The van der Waals surface area contributed by atoms with E-state index in [1.807, 2.05) is 0 Å². The van der Waals surface area contributed by atoms with Crippen LogP contribution in [0.2, 0.25) is 0 Å². The summed E-state index contributed by atoms with van der Waals surface area (Å²) in [6.45, 7) is 3.76. The number of non-ortho nitro benzene ring substituents is 1. The summed E-state index contributed by atoms with van der Waals surface area (Å²) in [6.07, 6.45) is 0. The van der Waals surface area contributed by atoms with Crippen molar-refractivity contribution in [2.45, 2.75) is 19.9 Å². The average Bonchev–Trinajstić information content (AvgIpc) is 2.49. The van der Waals surface area contributed by atoms with Gasteiger partial charge < -0.3 is 15.4 Å². The highest BCUT2D eigenvalue weighted by molar-refractivity contribution is 7.80. The monoisotopic (exact) mass is 321 g/mol. The summed E-state index contributed by atoms with van der Waals surface area (Å²) in [6, 6.07) is 5.76. The molecule has 22 heavy (non-hydrogen) atoms. The fourth-order valence-electron chi connectivity index (χ4n) is 2.17. The van der Waals surface area contributed by atoms with E-state index in [1.165, 1.54) is 12.1 Å². The third-order valence-electron chi connectivity index (χ3n) is 3.26. The zero-order valence-corrected chi connectivity index (χ0v) is 12.9. The van der Waals surface area contributed by atoms with Gasteiger partial charge in [-0.15, -0.1) is 0 Å². The van der Waals surface area contributed by atoms with Crippen molar-refractivity contribution in [3.63, 3.8) is 0 Å². The second-order valence-electron chi connectivity index (χ2n) is 4.66. The Bertz CT molecular complexity index is 655. The van der Waals surface area contributed by atoms with E-state index in [0.29, 0.717) is 16.4 Å². The van der Waals surface area contributed by atoms with Gasteiger partial charge in [-0.05, 0) is 49.3 Å². The van der Waals surface area contributed by atoms with Crippen LogP contribution in [0.5, 0.6) is 0 Å². The number of nitrogens with zero attached hydrogens (tertiary/aromatic N) is 1. The first-order valence-electron chi connectivity index (χ1n) is 6.63. The SMILES string of the molecule is CCOC(=O)C1=C(C)C(c2ccc([N+](=O)[O-])cc2)NC(=S)N1. The highest BCUT2D eigenvalue weighted by Crippen LogP contribution is 2.27. The second kappa shape index (κ2) is 6.52. The summed E-state index contributed by atoms with van der Waals surface area (Å²) >= 11 is 5.11. The van der Waals surface area contributed by atoms with E-state index in [1.54, 1.807) is 26.0 Å². The minimum atomic E-state index is -0.476. The maximum atomic E-state index is 12.0. The molecule has 116 valence electrons. The van der Waals surface area contributed by atoms with Gasteiger partial charge in [0.1, 0.15) is 5.70 Å². The number of hydrogen-bond donors (Lipinski definition) is 2. The van der Waals surface area contributed by atoms with Crippen LogP contribution in [0.3, 0.4) is 0 Å². The molecule has 1 aromatic carbocycles. The molecule has 7 nitrogen and oxygen atoms in total. The Morgan fingerprint density at radius 3 is 2.59 bits per heavy atom. The Hall–Kier alpha value is -2.48. The van der Waals surface area contributed by atoms with E-state index >= 15 is 0 Å². The van der Waals surface area contributed by atoms with Gasteiger partial charge >= 0.3 is 5.97 Å². The van der Waals surface area contributed by atoms with Crippen LogP contribution >= 0.6 is 12.2 Å². The van der Waals surface area contributed by atoms with Gasteiger partial charge in [-0.1, -0.05) is 0 Å². The largest absolute Gasteiger partial charge is 0.461 e. The number of esters is 1. The Kier molecular flexibility index (Phi) is 4.71. The normalized spacial score (nSPS) is 17.5. The minimum absolute atomic E-state index is 0.00695. The molecular formula is C14H15N3O4S. The molecule has 0 amide bonds. The highest BCUT2D eigenvalue weighted by Gasteiger charge is 2.28. The number of rotatable bonds is 4. The van der Waals surface area contributed by atoms with Gasteiger partial charge in [0, 0.05) is 12.1 Å². The quantitative estimate of drug-likeness (QED) is 0.379. The molecule has 1 aliphatic heterocycles. The minimum Gasteiger partial charge on any atom is -0.461 e. The number of carbonyl (C=O) groups is 1. The number of hydrogen-bond acceptors (Lipinski definition) is 5. The van der Waals surface area contributed by atoms with E-state index in [9.17, 15) is 14.9 Å². The van der Waals surface area contributed by atoms with E-state index < -0.39 is 10.9 Å². The smallest absolute Gasteiger partial charge is 0.354 e. The highest BCUT2D eigenvalue weighted by atomic mass is 32.1. The lowest BCUT2D eigenvalue weighted by atomic mass is 9.96. The van der Waals surface area contributed by atoms with Gasteiger partial charge in [0.25, 0.3) is 5.69 Å². The Morgan fingerprint density at radius 2 is 2.05 bits per heavy atom. The first kappa shape index (κ1) is 15.9. The van der Waals surface area contributed by atoms with E-state index in [-0.39, 0.29) is 18.3 Å². The molecule has 0 aliphatic carbocycles. The molecule has 1 aromatic rings. The van der Waals surface area contributed by atoms with E-state index in [2.05, 4.69) is 10.6 Å². The van der Waals surface area contributed by atoms with Crippen molar-refractivity contribution in [1.82, 2.24) is 10.6 Å². The summed E-state index contributed by atoms with van der Waals surface area (Å²) in [4.78, 5) is 22.2. The lowest BCUT2D eigenvalue weighted by Gasteiger charge is -2.29. The fraction of sp³-hybridized carbons (Fsp3) is 0.286. The predicted octanol–water partition coefficient (Wildman–Crippen LogP) is 1.95. The molecule has 2 rings (SSSR count). The van der Waals surface area contributed by atoms with E-state index in [0.717, 1.165) is 5.56 Å². The summed E-state index contributed by atoms with van der Waals surface area (Å²) in [5.74, 6) is -0.476. The van der Waals surface area contributed by atoms with Crippen LogP contribution in [-0.4, -0.2) is 22.6 Å². The maximum absolute atomic E-state index is 12.0. The van der Waals surface area contributed by atoms with Crippen molar-refractivity contribution in [3.8, 4) is 0 Å². The van der Waals surface area contributed by atoms with Crippen LogP contribution in [0, 0.1) is 10.1 Å². The number of nitrogens with one attached hydrogen (secondary N) is 2. The second-order valence-corrected chi connectivity index (χ2v) is 5.07. The van der Waals surface area contributed by atoms with E-state index in [4.69, 9.17) is 17.0 Å². The molecule has 1 heterocycles. The predicted molar refractivity (Wildman–Crippen MR) is 84.0 cm³/mol. The van der Waals surface area contributed by atoms with Crippen LogP contribution in [0.15, 0.2) is 35.5 Å². The molecule has 0 spiro atoms. The van der Waals surface area contributed by atoms with Crippen molar-refractivity contribution in [2.75, 3.05) is 6.61 Å². The van der Waals surface area contributed by atoms with Crippen molar-refractivity contribution < 1.29 is 14.5 Å². The Balaban J connectivity index is 2.36. The van der Waals surface area contributed by atoms with Gasteiger partial charge in [0.2, 0.25) is 0 Å². The molecule has 1 unspecified atom stereocenters. The van der Waals surface area contributed by atoms with Crippen molar-refractivity contribution in [1.29, 1.82) is 0 Å². The summed E-state index contributed by atoms with van der Waals surface area (Å²) in [5.41, 5.74) is 1.79. The third kappa shape index (κ3) is 3.22. The topological polar surface area (TPSA) is 93.5 Å². The molecular weight excluding hydrogens is 306 g/mol. The zero-order chi connectivity index (χ0) is 16.3. The van der Waals surface area contributed by atoms with Crippen molar-refractivity contribution in [3.05, 3.63) is 51.2 Å². The third-order valence-corrected chi connectivity index (χ3v) is 3.48. The Morgan fingerprint density at radius 1 is 1.41 bits per heavy atom. The molecule has 0 aromatic heterocycles. The number of thiocarbonyl (C=S) groups is 1. The van der Waals surface area contributed by atoms with Crippen molar-refractivity contribution in [2.24, 2.45) is 0 Å². The molecule has 0 radical (unpaired) electrons. The van der Waals surface area contributed by atoms with Gasteiger partial charge in [-0.25, -0.2) is 4.79 Å². The van der Waals surface area contributed by atoms with Gasteiger partial charge in [0.05, 0.1) is 17.6 Å². The fourth-order valence-corrected chi connectivity index (χ4v) is 2.39. The van der Waals surface area contributed by atoms with Gasteiger partial charge in [-0.3, -0.25) is 10.1 Å². The van der Waals surface area contributed by atoms with Crippen LogP contribution in [-0.2, 0) is 9.53 Å². The molecule has 0 bridgehead atoms. The number of nitro groups is 1. The number of benzene rings is 1. The zero-order valence-electron chi connectivity index (χ0n) is 12.1. The molecule has 8 heteroatoms. The average molecular weight is 321 g/mol. The summed E-state index contributed by atoms with van der Waals surface area (Å²) in [5, 5.41) is 16.8. The van der Waals surface area contributed by atoms with Crippen LogP contribution in [0.4, 0.5) is 5.69 Å². The lowest BCUT2D eigenvalue weighted by molar-refractivity contribution is -0.384. The number of nitro benzene ring substituents is 1. The first-order valence-corrected chi connectivity index (χ1v) is 7.04. The summed E-state index contributed by atoms with van der Waals surface area (Å²) in [7, 11) is 0. The molecule has 1 aliphatic rings. The molecule has 0 saturated carbocycles. The maximum Gasteiger partial charge on any atom is 0.354 e. The summed E-state index contributed by atoms with van der Waals surface area (Å²) < 4.78 is 5.00. The molecule has 1 atom stereocenters. The lowest BCUT2D eigenvalue weighted by Crippen LogP contribution is -2.45. The first-order chi connectivity index (χ1) is 10.4. The van der Waals surface area contributed by atoms with Crippen molar-refractivity contribution >= 4 is 29.0 Å². The van der Waals surface area contributed by atoms with Gasteiger partial charge in [0.15, 0.2) is 5.11 Å². The molecule has 2 N–H and O–H groups in total. The number of ether oxygens (including phenoxy) is 1. The Labute approximate surface area is 132 Å². The van der Waals surface area contributed by atoms with Crippen LogP contribution < -0.4 is 10.6 Å². The van der Waals surface area contributed by atoms with Crippen LogP contribution in [0.25, 0.3) is 0 Å². The molecule has 0 fully saturated rings. The standard InChI is InChI=1S/C14H15N3O4S/c1-3-21-13(18)12-8(2)11(15-14(22)16-12)9-4-6-10(7-5-9)17(19)20/h4-7,11H,3H2,1-2H3,(H2,15,16,22). The van der Waals surface area contributed by atoms with Crippen LogP contribution in [0.1, 0.15) is 25.5 Å². The van der Waals surface area contributed by atoms with Gasteiger partial charge in [-0.2, -0.15) is 0 Å².